The van der Waals surface area contributed by atoms with Crippen LogP contribution in [0.5, 0.6) is 11.5 Å². The van der Waals surface area contributed by atoms with Crippen LogP contribution in [0.4, 0.5) is 10.5 Å². The first-order chi connectivity index (χ1) is 12.2. The van der Waals surface area contributed by atoms with Crippen LogP contribution in [0.15, 0.2) is 60.7 Å². The highest BCUT2D eigenvalue weighted by atomic mass is 16.5. The normalized spacial score (nSPS) is 10.3. The molecule has 3 aromatic carbocycles. The first-order valence-electron chi connectivity index (χ1n) is 7.94. The van der Waals surface area contributed by atoms with Crippen molar-refractivity contribution < 1.29 is 14.3 Å². The molecule has 2 N–H and O–H groups in total. The highest BCUT2D eigenvalue weighted by Crippen LogP contribution is 2.27. The molecular formula is C20H20N2O3. The molecule has 2 amide bonds. The second-order valence-electron chi connectivity index (χ2n) is 5.56. The van der Waals surface area contributed by atoms with E-state index in [1.165, 1.54) is 0 Å². The topological polar surface area (TPSA) is 59.6 Å². The maximum atomic E-state index is 12.1. The third-order valence-electron chi connectivity index (χ3n) is 3.91. The van der Waals surface area contributed by atoms with Crippen molar-refractivity contribution in [2.75, 3.05) is 19.5 Å². The Bertz CT molecular complexity index is 893. The van der Waals surface area contributed by atoms with E-state index >= 15 is 0 Å². The summed E-state index contributed by atoms with van der Waals surface area (Å²) in [7, 11) is 3.17. The van der Waals surface area contributed by atoms with Crippen LogP contribution in [-0.2, 0) is 6.54 Å². The second kappa shape index (κ2) is 7.57. The highest BCUT2D eigenvalue weighted by molar-refractivity contribution is 5.93. The SMILES string of the molecule is COc1ccc(CNC(=O)Nc2ccc3ccccc3c2)cc1OC. The molecule has 25 heavy (non-hydrogen) atoms. The Balaban J connectivity index is 1.62. The number of hydrogen-bond acceptors (Lipinski definition) is 3. The van der Waals surface area contributed by atoms with E-state index in [-0.39, 0.29) is 6.03 Å². The van der Waals surface area contributed by atoms with E-state index in [2.05, 4.69) is 10.6 Å². The van der Waals surface area contributed by atoms with Crippen molar-refractivity contribution in [3.63, 3.8) is 0 Å². The van der Waals surface area contributed by atoms with Gasteiger partial charge in [-0.25, -0.2) is 4.79 Å². The summed E-state index contributed by atoms with van der Waals surface area (Å²) in [5.74, 6) is 1.30. The number of anilines is 1. The highest BCUT2D eigenvalue weighted by Gasteiger charge is 2.06. The van der Waals surface area contributed by atoms with Gasteiger partial charge in [0.1, 0.15) is 0 Å². The van der Waals surface area contributed by atoms with Gasteiger partial charge in [0.25, 0.3) is 0 Å². The maximum absolute atomic E-state index is 12.1. The zero-order chi connectivity index (χ0) is 17.6. The molecule has 0 saturated carbocycles. The molecule has 0 spiro atoms. The largest absolute Gasteiger partial charge is 0.493 e. The van der Waals surface area contributed by atoms with E-state index in [0.717, 1.165) is 22.0 Å². The molecule has 3 aromatic rings. The average Bonchev–Trinajstić information content (AvgIpc) is 2.66. The van der Waals surface area contributed by atoms with Crippen LogP contribution in [0.1, 0.15) is 5.56 Å². The molecule has 0 atom stereocenters. The van der Waals surface area contributed by atoms with Crippen molar-refractivity contribution in [3.05, 3.63) is 66.2 Å². The Kier molecular flexibility index (Phi) is 5.04. The quantitative estimate of drug-likeness (QED) is 0.735. The van der Waals surface area contributed by atoms with Crippen LogP contribution in [0.3, 0.4) is 0 Å². The molecule has 5 heteroatoms. The lowest BCUT2D eigenvalue weighted by molar-refractivity contribution is 0.251. The summed E-state index contributed by atoms with van der Waals surface area (Å²) in [6.45, 7) is 0.389. The standard InChI is InChI=1S/C20H20N2O3/c1-24-18-10-7-14(11-19(18)25-2)13-21-20(23)22-17-9-8-15-5-3-4-6-16(15)12-17/h3-12H,13H2,1-2H3,(H2,21,22,23). The van der Waals surface area contributed by atoms with E-state index in [1.807, 2.05) is 60.7 Å². The number of ether oxygens (including phenoxy) is 2. The Labute approximate surface area is 146 Å². The minimum Gasteiger partial charge on any atom is -0.493 e. The van der Waals surface area contributed by atoms with E-state index in [4.69, 9.17) is 9.47 Å². The van der Waals surface area contributed by atoms with Gasteiger partial charge in [-0.1, -0.05) is 36.4 Å². The smallest absolute Gasteiger partial charge is 0.319 e. The molecule has 0 aromatic heterocycles. The van der Waals surface area contributed by atoms with Gasteiger partial charge in [0.05, 0.1) is 14.2 Å². The zero-order valence-corrected chi connectivity index (χ0v) is 14.2. The number of urea groups is 1. The predicted molar refractivity (Wildman–Crippen MR) is 99.4 cm³/mol. The minimum atomic E-state index is -0.259. The Morgan fingerprint density at radius 1 is 0.880 bits per heavy atom. The number of methoxy groups -OCH3 is 2. The summed E-state index contributed by atoms with van der Waals surface area (Å²) in [6, 6.07) is 19.1. The molecule has 0 aliphatic carbocycles. The number of nitrogens with one attached hydrogen (secondary N) is 2. The van der Waals surface area contributed by atoms with Gasteiger partial charge in [-0.2, -0.15) is 0 Å². The molecule has 0 radical (unpaired) electrons. The van der Waals surface area contributed by atoms with Crippen LogP contribution in [0, 0.1) is 0 Å². The lowest BCUT2D eigenvalue weighted by atomic mass is 10.1. The number of rotatable bonds is 5. The Morgan fingerprint density at radius 3 is 2.40 bits per heavy atom. The number of fused-ring (bicyclic) bond motifs is 1. The summed E-state index contributed by atoms with van der Waals surface area (Å²) in [5, 5.41) is 7.91. The fraction of sp³-hybridized carbons (Fsp3) is 0.150. The fourth-order valence-corrected chi connectivity index (χ4v) is 2.62. The fourth-order valence-electron chi connectivity index (χ4n) is 2.62. The summed E-state index contributed by atoms with van der Waals surface area (Å²) < 4.78 is 10.5. The van der Waals surface area contributed by atoms with E-state index < -0.39 is 0 Å². The van der Waals surface area contributed by atoms with Crippen molar-refractivity contribution in [1.29, 1.82) is 0 Å². The van der Waals surface area contributed by atoms with Crippen LogP contribution < -0.4 is 20.1 Å². The van der Waals surface area contributed by atoms with E-state index in [1.54, 1.807) is 14.2 Å². The third-order valence-corrected chi connectivity index (χ3v) is 3.91. The molecule has 0 heterocycles. The molecule has 3 rings (SSSR count). The first kappa shape index (κ1) is 16.6. The van der Waals surface area contributed by atoms with Gasteiger partial charge < -0.3 is 20.1 Å². The maximum Gasteiger partial charge on any atom is 0.319 e. The van der Waals surface area contributed by atoms with E-state index in [0.29, 0.717) is 18.0 Å². The first-order valence-corrected chi connectivity index (χ1v) is 7.94. The molecule has 0 aliphatic heterocycles. The molecule has 0 fully saturated rings. The van der Waals surface area contributed by atoms with Gasteiger partial charge in [-0.05, 0) is 40.6 Å². The van der Waals surface area contributed by atoms with Gasteiger partial charge in [0.2, 0.25) is 0 Å². The van der Waals surface area contributed by atoms with Crippen molar-refractivity contribution in [1.82, 2.24) is 5.32 Å². The zero-order valence-electron chi connectivity index (χ0n) is 14.2. The Hall–Kier alpha value is -3.21. The van der Waals surface area contributed by atoms with Gasteiger partial charge in [-0.3, -0.25) is 0 Å². The third kappa shape index (κ3) is 4.01. The number of amides is 2. The van der Waals surface area contributed by atoms with Crippen molar-refractivity contribution >= 4 is 22.5 Å². The summed E-state index contributed by atoms with van der Waals surface area (Å²) in [6.07, 6.45) is 0. The molecule has 128 valence electrons. The molecule has 0 saturated heterocycles. The molecular weight excluding hydrogens is 316 g/mol. The summed E-state index contributed by atoms with van der Waals surface area (Å²) >= 11 is 0. The lowest BCUT2D eigenvalue weighted by Crippen LogP contribution is -2.28. The predicted octanol–water partition coefficient (Wildman–Crippen LogP) is 4.18. The lowest BCUT2D eigenvalue weighted by Gasteiger charge is -2.11. The summed E-state index contributed by atoms with van der Waals surface area (Å²) in [4.78, 5) is 12.1. The van der Waals surface area contributed by atoms with Gasteiger partial charge >= 0.3 is 6.03 Å². The molecule has 5 nitrogen and oxygen atoms in total. The number of carbonyl (C=O) groups is 1. The van der Waals surface area contributed by atoms with Crippen molar-refractivity contribution in [3.8, 4) is 11.5 Å². The Morgan fingerprint density at radius 2 is 1.64 bits per heavy atom. The van der Waals surface area contributed by atoms with Crippen molar-refractivity contribution in [2.45, 2.75) is 6.54 Å². The summed E-state index contributed by atoms with van der Waals surface area (Å²) in [5.41, 5.74) is 1.68. The van der Waals surface area contributed by atoms with Crippen LogP contribution in [0.25, 0.3) is 10.8 Å². The molecule has 0 aliphatic rings. The second-order valence-corrected chi connectivity index (χ2v) is 5.56. The molecule has 0 bridgehead atoms. The van der Waals surface area contributed by atoms with Crippen molar-refractivity contribution in [2.24, 2.45) is 0 Å². The van der Waals surface area contributed by atoms with Gasteiger partial charge in [-0.15, -0.1) is 0 Å². The number of hydrogen-bond donors (Lipinski definition) is 2. The minimum absolute atomic E-state index is 0.259. The monoisotopic (exact) mass is 336 g/mol. The molecule has 0 unspecified atom stereocenters. The number of carbonyl (C=O) groups excluding carboxylic acids is 1. The van der Waals surface area contributed by atoms with Crippen LogP contribution in [-0.4, -0.2) is 20.3 Å². The van der Waals surface area contributed by atoms with Gasteiger partial charge in [0.15, 0.2) is 11.5 Å². The van der Waals surface area contributed by atoms with Crippen LogP contribution in [0.2, 0.25) is 0 Å². The number of benzene rings is 3. The van der Waals surface area contributed by atoms with Gasteiger partial charge in [0, 0.05) is 12.2 Å². The average molecular weight is 336 g/mol. The van der Waals surface area contributed by atoms with Crippen LogP contribution >= 0.6 is 0 Å². The van der Waals surface area contributed by atoms with E-state index in [9.17, 15) is 4.79 Å².